The monoisotopic (exact) mass is 431 g/mol. The maximum absolute atomic E-state index is 13.0. The number of aliphatic hydroxyl groups is 1. The zero-order valence-electron chi connectivity index (χ0n) is 17.9. The van der Waals surface area contributed by atoms with Gasteiger partial charge in [0.05, 0.1) is 12.0 Å². The van der Waals surface area contributed by atoms with E-state index in [0.717, 1.165) is 35.5 Å². The summed E-state index contributed by atoms with van der Waals surface area (Å²) in [5.41, 5.74) is 3.02. The Hall–Kier alpha value is -3.03. The summed E-state index contributed by atoms with van der Waals surface area (Å²) < 4.78 is 0. The summed E-state index contributed by atoms with van der Waals surface area (Å²) in [5, 5.41) is 17.8. The van der Waals surface area contributed by atoms with Gasteiger partial charge in [0.2, 0.25) is 5.91 Å². The van der Waals surface area contributed by atoms with Gasteiger partial charge in [0.1, 0.15) is 5.82 Å². The minimum absolute atomic E-state index is 0.0508. The zero-order valence-corrected chi connectivity index (χ0v) is 17.9. The molecule has 2 saturated carbocycles. The molecule has 2 fully saturated rings. The summed E-state index contributed by atoms with van der Waals surface area (Å²) in [4.78, 5) is 25.2. The molecule has 32 heavy (non-hydrogen) atoms. The van der Waals surface area contributed by atoms with E-state index in [-0.39, 0.29) is 17.9 Å². The molecule has 4 atom stereocenters. The van der Waals surface area contributed by atoms with E-state index in [2.05, 4.69) is 25.6 Å². The predicted molar refractivity (Wildman–Crippen MR) is 121 cm³/mol. The van der Waals surface area contributed by atoms with E-state index in [9.17, 15) is 9.90 Å². The molecule has 4 N–H and O–H groups in total. The number of aliphatic hydroxyl groups excluding tert-OH is 1. The molecule has 1 aromatic carbocycles. The molecule has 5 rings (SSSR count). The highest BCUT2D eigenvalue weighted by molar-refractivity contribution is 5.80. The summed E-state index contributed by atoms with van der Waals surface area (Å²) in [7, 11) is 0. The van der Waals surface area contributed by atoms with Crippen molar-refractivity contribution in [2.75, 3.05) is 0 Å². The van der Waals surface area contributed by atoms with Crippen LogP contribution in [0.2, 0.25) is 0 Å². The van der Waals surface area contributed by atoms with Crippen LogP contribution in [0.5, 0.6) is 0 Å². The molecule has 0 saturated heterocycles. The molecule has 166 valence electrons. The first kappa shape index (κ1) is 20.8. The molecule has 0 unspecified atom stereocenters. The van der Waals surface area contributed by atoms with Crippen molar-refractivity contribution in [3.63, 3.8) is 0 Å². The van der Waals surface area contributed by atoms with Gasteiger partial charge in [-0.25, -0.2) is 4.98 Å². The lowest BCUT2D eigenvalue weighted by molar-refractivity contribution is -0.127. The van der Waals surface area contributed by atoms with E-state index in [1.54, 1.807) is 6.20 Å². The predicted octanol–water partition coefficient (Wildman–Crippen LogP) is 2.62. The van der Waals surface area contributed by atoms with Crippen molar-refractivity contribution in [2.24, 2.45) is 5.92 Å². The largest absolute Gasteiger partial charge is 0.392 e. The summed E-state index contributed by atoms with van der Waals surface area (Å²) in [6.45, 7) is 1.08. The lowest BCUT2D eigenvalue weighted by atomic mass is 9.96. The van der Waals surface area contributed by atoms with E-state index in [1.165, 1.54) is 0 Å². The van der Waals surface area contributed by atoms with Gasteiger partial charge in [0.15, 0.2) is 0 Å². The fourth-order valence-corrected chi connectivity index (χ4v) is 4.67. The van der Waals surface area contributed by atoms with Gasteiger partial charge in [0, 0.05) is 55.3 Å². The molecule has 0 radical (unpaired) electrons. The average molecular weight is 432 g/mol. The van der Waals surface area contributed by atoms with Crippen molar-refractivity contribution in [3.05, 3.63) is 83.7 Å². The van der Waals surface area contributed by atoms with Crippen LogP contribution in [0.15, 0.2) is 61.1 Å². The van der Waals surface area contributed by atoms with Crippen molar-refractivity contribution in [1.29, 1.82) is 0 Å². The molecule has 2 aliphatic carbocycles. The van der Waals surface area contributed by atoms with Crippen LogP contribution in [0.3, 0.4) is 0 Å². The molecule has 2 aromatic heterocycles. The van der Waals surface area contributed by atoms with Crippen LogP contribution in [0, 0.1) is 5.92 Å². The Kier molecular flexibility index (Phi) is 6.01. The Morgan fingerprint density at radius 2 is 1.88 bits per heavy atom. The number of nitrogens with zero attached hydrogens (tertiary/aromatic N) is 2. The van der Waals surface area contributed by atoms with Gasteiger partial charge in [-0.1, -0.05) is 36.4 Å². The number of aromatic nitrogens is 3. The zero-order chi connectivity index (χ0) is 21.9. The normalized spacial score (nSPS) is 25.0. The quantitative estimate of drug-likeness (QED) is 0.439. The Labute approximate surface area is 187 Å². The van der Waals surface area contributed by atoms with E-state index in [0.29, 0.717) is 25.4 Å². The lowest BCUT2D eigenvalue weighted by Crippen LogP contribution is -2.36. The average Bonchev–Trinajstić information content (AvgIpc) is 3.48. The molecule has 2 heterocycles. The lowest BCUT2D eigenvalue weighted by Gasteiger charge is -2.22. The van der Waals surface area contributed by atoms with Crippen LogP contribution in [-0.2, 0) is 17.9 Å². The molecule has 3 aromatic rings. The van der Waals surface area contributed by atoms with Crippen LogP contribution in [0.1, 0.15) is 53.7 Å². The maximum Gasteiger partial charge on any atom is 0.226 e. The number of rotatable bonds is 8. The molecular weight excluding hydrogens is 402 g/mol. The Bertz CT molecular complexity index is 1030. The second-order valence-electron chi connectivity index (χ2n) is 8.91. The van der Waals surface area contributed by atoms with Crippen molar-refractivity contribution >= 4 is 5.91 Å². The highest BCUT2D eigenvalue weighted by Gasteiger charge is 2.47. The van der Waals surface area contributed by atoms with E-state index < -0.39 is 12.0 Å². The molecular formula is C25H29N5O2. The molecule has 0 aliphatic heterocycles. The van der Waals surface area contributed by atoms with Crippen LogP contribution >= 0.6 is 0 Å². The van der Waals surface area contributed by atoms with Gasteiger partial charge in [-0.05, 0) is 36.5 Å². The van der Waals surface area contributed by atoms with Crippen molar-refractivity contribution in [1.82, 2.24) is 25.6 Å². The number of nitrogens with one attached hydrogen (secondary N) is 3. The standard InChI is InChI=1S/C25H29N5O2/c31-23-19(25(32)29-13-16-5-2-1-3-6-16)11-20(27-14-17-7-4-10-26-12-17)22(23)21-15-28-24(30-21)18-8-9-18/h1-7,10,12,15,18-20,22-23,27,31H,8-9,11,13-14H2,(H,28,30)(H,29,32)/t19-,20+,22+,23+/m0/s1. The minimum Gasteiger partial charge on any atom is -0.392 e. The third kappa shape index (κ3) is 4.59. The smallest absolute Gasteiger partial charge is 0.226 e. The minimum atomic E-state index is -0.787. The number of carbonyl (C=O) groups excluding carboxylic acids is 1. The summed E-state index contributed by atoms with van der Waals surface area (Å²) in [5.74, 6) is 0.685. The number of amides is 1. The Morgan fingerprint density at radius 1 is 1.06 bits per heavy atom. The van der Waals surface area contributed by atoms with Gasteiger partial charge in [-0.3, -0.25) is 9.78 Å². The fraction of sp³-hybridized carbons (Fsp3) is 0.400. The van der Waals surface area contributed by atoms with Crippen molar-refractivity contribution in [2.45, 2.75) is 56.3 Å². The van der Waals surface area contributed by atoms with Gasteiger partial charge in [0.25, 0.3) is 0 Å². The van der Waals surface area contributed by atoms with Gasteiger partial charge in [-0.15, -0.1) is 0 Å². The first-order valence-corrected chi connectivity index (χ1v) is 11.4. The van der Waals surface area contributed by atoms with Gasteiger partial charge >= 0.3 is 0 Å². The second-order valence-corrected chi connectivity index (χ2v) is 8.91. The first-order valence-electron chi connectivity index (χ1n) is 11.4. The topological polar surface area (TPSA) is 103 Å². The van der Waals surface area contributed by atoms with Crippen molar-refractivity contribution in [3.8, 4) is 0 Å². The number of imidazole rings is 1. The van der Waals surface area contributed by atoms with E-state index >= 15 is 0 Å². The van der Waals surface area contributed by atoms with Gasteiger partial charge < -0.3 is 20.7 Å². The number of carbonyl (C=O) groups is 1. The maximum atomic E-state index is 13.0. The van der Waals surface area contributed by atoms with Crippen molar-refractivity contribution < 1.29 is 9.90 Å². The number of pyridine rings is 1. The second kappa shape index (κ2) is 9.22. The summed E-state index contributed by atoms with van der Waals surface area (Å²) in [6, 6.07) is 13.7. The summed E-state index contributed by atoms with van der Waals surface area (Å²) in [6.07, 6.45) is 7.52. The Balaban J connectivity index is 1.31. The molecule has 7 heteroatoms. The highest BCUT2D eigenvalue weighted by atomic mass is 16.3. The number of aromatic amines is 1. The summed E-state index contributed by atoms with van der Waals surface area (Å²) >= 11 is 0. The number of benzene rings is 1. The van der Waals surface area contributed by atoms with Crippen LogP contribution in [-0.4, -0.2) is 38.1 Å². The SMILES string of the molecule is O=C(NCc1ccccc1)[C@H]1C[C@@H](NCc2cccnc2)[C@H](c2cnc(C3CC3)[nH]2)[C@@H]1O. The number of H-pyrrole nitrogens is 1. The number of hydrogen-bond acceptors (Lipinski definition) is 5. The first-order chi connectivity index (χ1) is 15.7. The van der Waals surface area contributed by atoms with E-state index in [4.69, 9.17) is 0 Å². The molecule has 0 spiro atoms. The van der Waals surface area contributed by atoms with Crippen LogP contribution in [0.4, 0.5) is 0 Å². The highest BCUT2D eigenvalue weighted by Crippen LogP contribution is 2.42. The third-order valence-electron chi connectivity index (χ3n) is 6.60. The van der Waals surface area contributed by atoms with Crippen LogP contribution in [0.25, 0.3) is 0 Å². The number of hydrogen-bond donors (Lipinski definition) is 4. The molecule has 0 bridgehead atoms. The molecule has 1 amide bonds. The van der Waals surface area contributed by atoms with E-state index in [1.807, 2.05) is 54.9 Å². The molecule has 2 aliphatic rings. The Morgan fingerprint density at radius 3 is 2.62 bits per heavy atom. The third-order valence-corrected chi connectivity index (χ3v) is 6.60. The van der Waals surface area contributed by atoms with Crippen LogP contribution < -0.4 is 10.6 Å². The van der Waals surface area contributed by atoms with Gasteiger partial charge in [-0.2, -0.15) is 0 Å². The fourth-order valence-electron chi connectivity index (χ4n) is 4.67. The molecule has 7 nitrogen and oxygen atoms in total.